The first kappa shape index (κ1) is 19.8. The number of nitrogens with two attached hydrogens (primary N) is 1. The number of para-hydroxylation sites is 1. The number of benzene rings is 2. The van der Waals surface area contributed by atoms with E-state index in [0.29, 0.717) is 17.6 Å². The highest BCUT2D eigenvalue weighted by Gasteiger charge is 2.15. The first-order valence-electron chi connectivity index (χ1n) is 9.06. The van der Waals surface area contributed by atoms with Gasteiger partial charge in [-0.1, -0.05) is 49.0 Å². The number of carbonyl (C=O) groups excluding carboxylic acids is 1. The van der Waals surface area contributed by atoms with E-state index < -0.39 is 0 Å². The van der Waals surface area contributed by atoms with Crippen LogP contribution < -0.4 is 15.9 Å². The van der Waals surface area contributed by atoms with Crippen LogP contribution in [0.2, 0.25) is 0 Å². The van der Waals surface area contributed by atoms with Crippen molar-refractivity contribution in [1.82, 2.24) is 14.9 Å². The van der Waals surface area contributed by atoms with E-state index in [1.54, 1.807) is 0 Å². The molecule has 0 radical (unpaired) electrons. The lowest BCUT2D eigenvalue weighted by molar-refractivity contribution is -0.113. The molecule has 3 rings (SSSR count). The van der Waals surface area contributed by atoms with Gasteiger partial charge >= 0.3 is 0 Å². The molecule has 3 N–H and O–H groups in total. The molecular weight excluding hydrogens is 374 g/mol. The second-order valence-electron chi connectivity index (χ2n) is 5.98. The van der Waals surface area contributed by atoms with E-state index in [1.165, 1.54) is 16.4 Å². The second kappa shape index (κ2) is 9.27. The van der Waals surface area contributed by atoms with Crippen LogP contribution in [-0.2, 0) is 11.2 Å². The standard InChI is InChI=1S/C20H23N5O2S/c1-3-14-8-5-6-11-17(14)22-18(26)13-28-20-24-23-19(25(20)21)15-9-7-10-16(12-15)27-4-2/h5-12H,3-4,13,21H2,1-2H3,(H,22,26). The fourth-order valence-electron chi connectivity index (χ4n) is 2.73. The Morgan fingerprint density at radius 1 is 1.18 bits per heavy atom. The summed E-state index contributed by atoms with van der Waals surface area (Å²) >= 11 is 1.24. The van der Waals surface area contributed by atoms with Gasteiger partial charge in [0.15, 0.2) is 5.82 Å². The molecule has 0 aliphatic carbocycles. The number of thioether (sulfide) groups is 1. The van der Waals surface area contributed by atoms with Gasteiger partial charge in [-0.3, -0.25) is 4.79 Å². The zero-order chi connectivity index (χ0) is 19.9. The molecule has 0 atom stereocenters. The molecule has 146 valence electrons. The second-order valence-corrected chi connectivity index (χ2v) is 6.93. The number of aromatic nitrogens is 3. The van der Waals surface area contributed by atoms with Gasteiger partial charge in [0.05, 0.1) is 12.4 Å². The lowest BCUT2D eigenvalue weighted by Crippen LogP contribution is -2.17. The van der Waals surface area contributed by atoms with Crippen molar-refractivity contribution >= 4 is 23.4 Å². The van der Waals surface area contributed by atoms with Gasteiger partial charge in [-0.25, -0.2) is 4.68 Å². The predicted molar refractivity (Wildman–Crippen MR) is 112 cm³/mol. The zero-order valence-corrected chi connectivity index (χ0v) is 16.7. The van der Waals surface area contributed by atoms with Gasteiger partial charge in [-0.05, 0) is 37.1 Å². The van der Waals surface area contributed by atoms with Crippen LogP contribution >= 0.6 is 11.8 Å². The summed E-state index contributed by atoms with van der Waals surface area (Å²) in [5.41, 5.74) is 2.73. The molecule has 0 aliphatic rings. The first-order valence-corrected chi connectivity index (χ1v) is 10.0. The summed E-state index contributed by atoms with van der Waals surface area (Å²) in [7, 11) is 0. The monoisotopic (exact) mass is 397 g/mol. The van der Waals surface area contributed by atoms with Gasteiger partial charge in [0.2, 0.25) is 11.1 Å². The fourth-order valence-corrected chi connectivity index (χ4v) is 3.39. The highest BCUT2D eigenvalue weighted by molar-refractivity contribution is 7.99. The summed E-state index contributed by atoms with van der Waals surface area (Å²) in [5, 5.41) is 11.7. The number of rotatable bonds is 8. The molecule has 3 aromatic rings. The minimum atomic E-state index is -0.117. The Morgan fingerprint density at radius 3 is 2.79 bits per heavy atom. The van der Waals surface area contributed by atoms with E-state index in [-0.39, 0.29) is 11.7 Å². The van der Waals surface area contributed by atoms with Crippen LogP contribution in [0.4, 0.5) is 5.69 Å². The molecule has 7 nitrogen and oxygen atoms in total. The zero-order valence-electron chi connectivity index (χ0n) is 15.9. The fraction of sp³-hybridized carbons (Fsp3) is 0.250. The maximum atomic E-state index is 12.3. The lowest BCUT2D eigenvalue weighted by atomic mass is 10.1. The summed E-state index contributed by atoms with van der Waals surface area (Å²) in [6.45, 7) is 4.56. The summed E-state index contributed by atoms with van der Waals surface area (Å²) in [6, 6.07) is 15.3. The Balaban J connectivity index is 1.66. The number of nitrogens with zero attached hydrogens (tertiary/aromatic N) is 3. The maximum absolute atomic E-state index is 12.3. The van der Waals surface area contributed by atoms with E-state index in [4.69, 9.17) is 10.6 Å². The molecule has 1 aromatic heterocycles. The van der Waals surface area contributed by atoms with Crippen molar-refractivity contribution in [3.63, 3.8) is 0 Å². The molecule has 0 saturated carbocycles. The van der Waals surface area contributed by atoms with E-state index in [2.05, 4.69) is 22.4 Å². The van der Waals surface area contributed by atoms with Crippen LogP contribution in [0.5, 0.6) is 5.75 Å². The highest BCUT2D eigenvalue weighted by Crippen LogP contribution is 2.25. The Kier molecular flexibility index (Phi) is 6.54. The molecule has 0 fully saturated rings. The van der Waals surface area contributed by atoms with Crippen LogP contribution in [0.1, 0.15) is 19.4 Å². The van der Waals surface area contributed by atoms with Crippen molar-refractivity contribution in [3.05, 3.63) is 54.1 Å². The predicted octanol–water partition coefficient (Wildman–Crippen LogP) is 3.35. The number of carbonyl (C=O) groups is 1. The van der Waals surface area contributed by atoms with Crippen molar-refractivity contribution in [3.8, 4) is 17.1 Å². The number of hydrogen-bond donors (Lipinski definition) is 2. The number of anilines is 1. The third kappa shape index (κ3) is 4.64. The highest BCUT2D eigenvalue weighted by atomic mass is 32.2. The maximum Gasteiger partial charge on any atom is 0.234 e. The average Bonchev–Trinajstić information content (AvgIpc) is 3.08. The number of hydrogen-bond acceptors (Lipinski definition) is 6. The first-order chi connectivity index (χ1) is 13.6. The molecule has 0 bridgehead atoms. The number of ether oxygens (including phenoxy) is 1. The van der Waals surface area contributed by atoms with Gasteiger partial charge in [-0.15, -0.1) is 10.2 Å². The number of nitrogens with one attached hydrogen (secondary N) is 1. The van der Waals surface area contributed by atoms with Gasteiger partial charge < -0.3 is 15.9 Å². The molecule has 1 heterocycles. The smallest absolute Gasteiger partial charge is 0.234 e. The van der Waals surface area contributed by atoms with Gasteiger partial charge in [0, 0.05) is 11.3 Å². The average molecular weight is 398 g/mol. The topological polar surface area (TPSA) is 95.1 Å². The minimum absolute atomic E-state index is 0.117. The van der Waals surface area contributed by atoms with Crippen LogP contribution in [0.25, 0.3) is 11.4 Å². The Labute approximate surface area is 168 Å². The van der Waals surface area contributed by atoms with Crippen molar-refractivity contribution in [1.29, 1.82) is 0 Å². The Morgan fingerprint density at radius 2 is 2.00 bits per heavy atom. The summed E-state index contributed by atoms with van der Waals surface area (Å²) in [6.07, 6.45) is 0.852. The van der Waals surface area contributed by atoms with Crippen molar-refractivity contribution in [2.75, 3.05) is 23.5 Å². The molecule has 1 amide bonds. The van der Waals surface area contributed by atoms with Crippen LogP contribution in [-0.4, -0.2) is 33.1 Å². The Bertz CT molecular complexity index is 957. The molecule has 0 aliphatic heterocycles. The lowest BCUT2D eigenvalue weighted by Gasteiger charge is -2.09. The van der Waals surface area contributed by atoms with E-state index in [1.807, 2.05) is 55.5 Å². The number of nitrogen functional groups attached to an aromatic ring is 1. The molecule has 0 spiro atoms. The van der Waals surface area contributed by atoms with Crippen molar-refractivity contribution < 1.29 is 9.53 Å². The van der Waals surface area contributed by atoms with Crippen LogP contribution in [0.3, 0.4) is 0 Å². The summed E-state index contributed by atoms with van der Waals surface area (Å²) < 4.78 is 6.90. The largest absolute Gasteiger partial charge is 0.494 e. The van der Waals surface area contributed by atoms with Gasteiger partial charge in [-0.2, -0.15) is 0 Å². The molecule has 28 heavy (non-hydrogen) atoms. The normalized spacial score (nSPS) is 10.6. The van der Waals surface area contributed by atoms with Crippen molar-refractivity contribution in [2.24, 2.45) is 0 Å². The third-order valence-corrected chi connectivity index (χ3v) is 5.02. The minimum Gasteiger partial charge on any atom is -0.494 e. The summed E-state index contributed by atoms with van der Waals surface area (Å²) in [4.78, 5) is 12.3. The summed E-state index contributed by atoms with van der Waals surface area (Å²) in [5.74, 6) is 7.47. The number of aryl methyl sites for hydroxylation is 1. The van der Waals surface area contributed by atoms with Gasteiger partial charge in [0.1, 0.15) is 5.75 Å². The molecule has 2 aromatic carbocycles. The third-order valence-electron chi connectivity index (χ3n) is 4.07. The number of amides is 1. The SMILES string of the molecule is CCOc1cccc(-c2nnc(SCC(=O)Nc3ccccc3CC)n2N)c1. The van der Waals surface area contributed by atoms with E-state index in [0.717, 1.165) is 29.0 Å². The van der Waals surface area contributed by atoms with Crippen molar-refractivity contribution in [2.45, 2.75) is 25.4 Å². The van der Waals surface area contributed by atoms with Crippen LogP contribution in [0.15, 0.2) is 53.7 Å². The van der Waals surface area contributed by atoms with E-state index >= 15 is 0 Å². The quantitative estimate of drug-likeness (QED) is 0.447. The van der Waals surface area contributed by atoms with Crippen LogP contribution in [0, 0.1) is 0 Å². The molecule has 8 heteroatoms. The van der Waals surface area contributed by atoms with E-state index in [9.17, 15) is 4.79 Å². The van der Waals surface area contributed by atoms with Gasteiger partial charge in [0.25, 0.3) is 0 Å². The molecular formula is C20H23N5O2S. The Hall–Kier alpha value is -3.00. The molecule has 0 saturated heterocycles. The molecule has 0 unspecified atom stereocenters.